The first-order valence-corrected chi connectivity index (χ1v) is 5.64. The molecule has 0 unspecified atom stereocenters. The molecule has 0 N–H and O–H groups in total. The van der Waals surface area contributed by atoms with Crippen molar-refractivity contribution in [2.75, 3.05) is 0 Å². The lowest BCUT2D eigenvalue weighted by Crippen LogP contribution is -2.19. The van der Waals surface area contributed by atoms with Crippen molar-refractivity contribution >= 4 is 19.4 Å². The first-order valence-electron chi connectivity index (χ1n) is 5.64. The summed E-state index contributed by atoms with van der Waals surface area (Å²) < 4.78 is 0. The molecule has 86 valence electrons. The van der Waals surface area contributed by atoms with Gasteiger partial charge in [0.1, 0.15) is 0 Å². The van der Waals surface area contributed by atoms with E-state index in [0.29, 0.717) is 11.1 Å². The number of hydrogen-bond donors (Lipinski definition) is 0. The Bertz CT molecular complexity index is 498. The van der Waals surface area contributed by atoms with Gasteiger partial charge in [-0.25, -0.2) is 0 Å². The van der Waals surface area contributed by atoms with Crippen molar-refractivity contribution in [3.8, 4) is 0 Å². The van der Waals surface area contributed by atoms with Gasteiger partial charge in [-0.05, 0) is 0 Å². The van der Waals surface area contributed by atoms with Gasteiger partial charge in [0, 0.05) is 16.9 Å². The Kier molecular flexibility index (Phi) is 3.73. The van der Waals surface area contributed by atoms with E-state index in [9.17, 15) is 9.59 Å². The number of Topliss-reactive ketones (excluding diaryl/α,β-unsaturated/α-hetero) is 2. The van der Waals surface area contributed by atoms with E-state index >= 15 is 0 Å². The highest BCUT2D eigenvalue weighted by Crippen LogP contribution is 2.16. The van der Waals surface area contributed by atoms with Crippen molar-refractivity contribution in [3.63, 3.8) is 0 Å². The summed E-state index contributed by atoms with van der Waals surface area (Å²) in [5.74, 6) is -1.86. The second-order valence-electron chi connectivity index (χ2n) is 3.94. The second kappa shape index (κ2) is 5.45. The summed E-state index contributed by atoms with van der Waals surface area (Å²) in [5.41, 5.74) is 0.906. The van der Waals surface area contributed by atoms with Gasteiger partial charge in [-0.1, -0.05) is 60.7 Å². The zero-order valence-corrected chi connectivity index (χ0v) is 9.74. The summed E-state index contributed by atoms with van der Waals surface area (Å²) in [7, 11) is 5.73. The Hall–Kier alpha value is -2.16. The molecule has 0 bridgehead atoms. The molecule has 0 heterocycles. The average Bonchev–Trinajstić information content (AvgIpc) is 2.47. The third kappa shape index (κ3) is 2.56. The molecule has 0 aliphatic heterocycles. The number of hydrogen-bond acceptors (Lipinski definition) is 2. The summed E-state index contributed by atoms with van der Waals surface area (Å²) >= 11 is 0. The highest BCUT2D eigenvalue weighted by molar-refractivity contribution is 6.42. The molecule has 0 atom stereocenters. The van der Waals surface area contributed by atoms with Crippen molar-refractivity contribution in [1.82, 2.24) is 0 Å². The highest BCUT2D eigenvalue weighted by Gasteiger charge is 2.22. The van der Waals surface area contributed by atoms with E-state index in [-0.39, 0.29) is 11.6 Å². The summed E-state index contributed by atoms with van der Waals surface area (Å²) in [6, 6.07) is 17.2. The molecule has 0 aliphatic carbocycles. The van der Waals surface area contributed by atoms with Crippen molar-refractivity contribution in [1.29, 1.82) is 0 Å². The number of rotatable bonds is 4. The Morgan fingerprint density at radius 1 is 0.722 bits per heavy atom. The Balaban J connectivity index is 2.20. The van der Waals surface area contributed by atoms with Crippen LogP contribution in [0.3, 0.4) is 0 Å². The van der Waals surface area contributed by atoms with Gasteiger partial charge in [-0.2, -0.15) is 0 Å². The van der Waals surface area contributed by atoms with Gasteiger partial charge < -0.3 is 0 Å². The zero-order valence-electron chi connectivity index (χ0n) is 9.74. The van der Waals surface area contributed by atoms with Crippen LogP contribution in [0, 0.1) is 0 Å². The van der Waals surface area contributed by atoms with Crippen molar-refractivity contribution in [2.24, 2.45) is 0 Å². The van der Waals surface area contributed by atoms with Gasteiger partial charge in [0.05, 0.1) is 7.85 Å². The van der Waals surface area contributed by atoms with E-state index in [0.717, 1.165) is 0 Å². The molecule has 18 heavy (non-hydrogen) atoms. The number of ketones is 2. The number of carbonyl (C=O) groups is 2. The molecule has 2 rings (SSSR count). The zero-order chi connectivity index (χ0) is 13.0. The summed E-state index contributed by atoms with van der Waals surface area (Å²) in [6.45, 7) is 0. The van der Waals surface area contributed by atoms with Crippen molar-refractivity contribution < 1.29 is 9.59 Å². The molecule has 2 aromatic rings. The molecule has 0 amide bonds. The molecular formula is C15H11BO2. The third-order valence-electron chi connectivity index (χ3n) is 2.68. The van der Waals surface area contributed by atoms with Crippen LogP contribution in [0.5, 0.6) is 0 Å². The Labute approximate surface area is 107 Å². The standard InChI is InChI=1S/C15H11BO2/c16-13(14(17)11-7-3-1-4-8-11)15(18)12-9-5-2-6-10-12/h1-10,13H. The molecule has 0 aliphatic rings. The van der Waals surface area contributed by atoms with E-state index in [1.165, 1.54) is 0 Å². The van der Waals surface area contributed by atoms with Crippen molar-refractivity contribution in [3.05, 3.63) is 71.8 Å². The molecule has 0 spiro atoms. The molecule has 0 aromatic heterocycles. The number of carbonyl (C=O) groups excluding carboxylic acids is 2. The Morgan fingerprint density at radius 3 is 1.39 bits per heavy atom. The van der Waals surface area contributed by atoms with Gasteiger partial charge in [0.25, 0.3) is 0 Å². The molecule has 0 saturated carbocycles. The number of benzene rings is 2. The minimum atomic E-state index is -1.14. The molecule has 0 saturated heterocycles. The van der Waals surface area contributed by atoms with E-state index in [1.807, 2.05) is 0 Å². The molecule has 2 nitrogen and oxygen atoms in total. The molecule has 0 fully saturated rings. The van der Waals surface area contributed by atoms with Crippen LogP contribution in [0.2, 0.25) is 5.82 Å². The predicted octanol–water partition coefficient (Wildman–Crippen LogP) is 2.71. The largest absolute Gasteiger partial charge is 0.294 e. The average molecular weight is 234 g/mol. The molecule has 3 heteroatoms. The highest BCUT2D eigenvalue weighted by atomic mass is 16.1. The monoisotopic (exact) mass is 234 g/mol. The first-order chi connectivity index (χ1) is 8.70. The quantitative estimate of drug-likeness (QED) is 0.463. The lowest BCUT2D eigenvalue weighted by Gasteiger charge is -2.09. The third-order valence-corrected chi connectivity index (χ3v) is 2.68. The maximum Gasteiger partial charge on any atom is 0.164 e. The van der Waals surface area contributed by atoms with Crippen LogP contribution in [-0.2, 0) is 0 Å². The fourth-order valence-corrected chi connectivity index (χ4v) is 1.68. The van der Waals surface area contributed by atoms with E-state index in [1.54, 1.807) is 60.7 Å². The fraction of sp³-hybridized carbons (Fsp3) is 0.0667. The van der Waals surface area contributed by atoms with E-state index in [2.05, 4.69) is 0 Å². The van der Waals surface area contributed by atoms with Crippen LogP contribution in [0.1, 0.15) is 20.7 Å². The summed E-state index contributed by atoms with van der Waals surface area (Å²) in [6.07, 6.45) is 0. The van der Waals surface area contributed by atoms with Crippen LogP contribution in [0.15, 0.2) is 60.7 Å². The molecular weight excluding hydrogens is 223 g/mol. The van der Waals surface area contributed by atoms with Crippen LogP contribution in [0.25, 0.3) is 0 Å². The van der Waals surface area contributed by atoms with Gasteiger partial charge >= 0.3 is 0 Å². The maximum atomic E-state index is 12.0. The summed E-state index contributed by atoms with van der Waals surface area (Å²) in [5, 5.41) is 0. The van der Waals surface area contributed by atoms with Gasteiger partial charge in [-0.3, -0.25) is 9.59 Å². The first kappa shape index (κ1) is 12.3. The Morgan fingerprint density at radius 2 is 1.06 bits per heavy atom. The topological polar surface area (TPSA) is 34.1 Å². The fourth-order valence-electron chi connectivity index (χ4n) is 1.68. The second-order valence-corrected chi connectivity index (χ2v) is 3.94. The van der Waals surface area contributed by atoms with Gasteiger partial charge in [-0.15, -0.1) is 0 Å². The van der Waals surface area contributed by atoms with Crippen LogP contribution >= 0.6 is 0 Å². The van der Waals surface area contributed by atoms with Gasteiger partial charge in [0.2, 0.25) is 0 Å². The minimum absolute atomic E-state index is 0.357. The van der Waals surface area contributed by atoms with Crippen LogP contribution < -0.4 is 0 Å². The molecule has 2 radical (unpaired) electrons. The lowest BCUT2D eigenvalue weighted by molar-refractivity contribution is 0.0895. The van der Waals surface area contributed by atoms with Crippen LogP contribution in [0.4, 0.5) is 0 Å². The van der Waals surface area contributed by atoms with Crippen LogP contribution in [-0.4, -0.2) is 19.4 Å². The summed E-state index contributed by atoms with van der Waals surface area (Å²) in [4.78, 5) is 24.0. The minimum Gasteiger partial charge on any atom is -0.294 e. The van der Waals surface area contributed by atoms with E-state index < -0.39 is 5.82 Å². The van der Waals surface area contributed by atoms with Crippen molar-refractivity contribution in [2.45, 2.75) is 5.82 Å². The normalized spacial score (nSPS) is 10.3. The van der Waals surface area contributed by atoms with E-state index in [4.69, 9.17) is 7.85 Å². The molecule has 2 aromatic carbocycles. The van der Waals surface area contributed by atoms with Gasteiger partial charge in [0.15, 0.2) is 11.6 Å². The predicted molar refractivity (Wildman–Crippen MR) is 71.0 cm³/mol. The smallest absolute Gasteiger partial charge is 0.164 e. The lowest BCUT2D eigenvalue weighted by atomic mass is 9.76. The maximum absolute atomic E-state index is 12.0. The SMILES string of the molecule is [B]C(C(=O)c1ccccc1)C(=O)c1ccccc1.